The van der Waals surface area contributed by atoms with E-state index in [0.29, 0.717) is 11.0 Å². The first-order chi connectivity index (χ1) is 7.75. The molecule has 0 unspecified atom stereocenters. The van der Waals surface area contributed by atoms with Crippen molar-refractivity contribution in [3.8, 4) is 0 Å². The van der Waals surface area contributed by atoms with Crippen LogP contribution in [0.1, 0.15) is 12.8 Å². The van der Waals surface area contributed by atoms with Crippen LogP contribution in [-0.2, 0) is 4.79 Å². The normalized spacial score (nSPS) is 20.4. The summed E-state index contributed by atoms with van der Waals surface area (Å²) in [5, 5.41) is 13.7. The van der Waals surface area contributed by atoms with Gasteiger partial charge in [0.15, 0.2) is 11.0 Å². The SMILES string of the molecule is O=C(Nc1ccc(Cl)nn1)[C@@H]1CCCNC1. The van der Waals surface area contributed by atoms with Crippen molar-refractivity contribution in [3.05, 3.63) is 17.3 Å². The lowest BCUT2D eigenvalue weighted by Crippen LogP contribution is -2.37. The lowest BCUT2D eigenvalue weighted by atomic mass is 9.99. The van der Waals surface area contributed by atoms with Crippen LogP contribution in [0.5, 0.6) is 0 Å². The number of hydrogen-bond acceptors (Lipinski definition) is 4. The number of nitrogens with one attached hydrogen (secondary N) is 2. The second-order valence-corrected chi connectivity index (χ2v) is 4.16. The fourth-order valence-electron chi connectivity index (χ4n) is 1.69. The number of amides is 1. The van der Waals surface area contributed by atoms with Crippen molar-refractivity contribution in [1.82, 2.24) is 15.5 Å². The van der Waals surface area contributed by atoms with Crippen molar-refractivity contribution in [2.45, 2.75) is 12.8 Å². The molecule has 1 fully saturated rings. The maximum absolute atomic E-state index is 11.8. The molecule has 1 saturated heterocycles. The molecule has 2 rings (SSSR count). The summed E-state index contributed by atoms with van der Waals surface area (Å²) in [5.41, 5.74) is 0. The van der Waals surface area contributed by atoms with E-state index in [-0.39, 0.29) is 11.8 Å². The van der Waals surface area contributed by atoms with Crippen LogP contribution in [0.15, 0.2) is 12.1 Å². The first-order valence-corrected chi connectivity index (χ1v) is 5.64. The zero-order chi connectivity index (χ0) is 11.4. The average molecular weight is 241 g/mol. The van der Waals surface area contributed by atoms with E-state index in [2.05, 4.69) is 20.8 Å². The van der Waals surface area contributed by atoms with Crippen LogP contribution < -0.4 is 10.6 Å². The molecule has 0 saturated carbocycles. The molecule has 1 amide bonds. The zero-order valence-electron chi connectivity index (χ0n) is 8.74. The molecule has 1 atom stereocenters. The second kappa shape index (κ2) is 5.23. The van der Waals surface area contributed by atoms with Gasteiger partial charge in [0.2, 0.25) is 5.91 Å². The fraction of sp³-hybridized carbons (Fsp3) is 0.500. The van der Waals surface area contributed by atoms with Gasteiger partial charge in [0.25, 0.3) is 0 Å². The molecular weight excluding hydrogens is 228 g/mol. The van der Waals surface area contributed by atoms with Gasteiger partial charge in [-0.1, -0.05) is 11.6 Å². The lowest BCUT2D eigenvalue weighted by molar-refractivity contribution is -0.120. The lowest BCUT2D eigenvalue weighted by Gasteiger charge is -2.21. The van der Waals surface area contributed by atoms with Gasteiger partial charge in [0.05, 0.1) is 5.92 Å². The number of nitrogens with zero attached hydrogens (tertiary/aromatic N) is 2. The van der Waals surface area contributed by atoms with Crippen LogP contribution in [0.4, 0.5) is 5.82 Å². The topological polar surface area (TPSA) is 66.9 Å². The first-order valence-electron chi connectivity index (χ1n) is 5.26. The third-order valence-corrected chi connectivity index (χ3v) is 2.75. The first kappa shape index (κ1) is 11.3. The molecule has 1 aromatic heterocycles. The summed E-state index contributed by atoms with van der Waals surface area (Å²) < 4.78 is 0. The molecule has 86 valence electrons. The molecule has 0 radical (unpaired) electrons. The van der Waals surface area contributed by atoms with Gasteiger partial charge in [-0.25, -0.2) is 0 Å². The van der Waals surface area contributed by atoms with Crippen molar-refractivity contribution in [2.24, 2.45) is 5.92 Å². The number of carbonyl (C=O) groups excluding carboxylic acids is 1. The smallest absolute Gasteiger partial charge is 0.229 e. The summed E-state index contributed by atoms with van der Waals surface area (Å²) in [5.74, 6) is 0.454. The zero-order valence-corrected chi connectivity index (χ0v) is 9.50. The summed E-state index contributed by atoms with van der Waals surface area (Å²) >= 11 is 5.60. The monoisotopic (exact) mass is 240 g/mol. The number of hydrogen-bond donors (Lipinski definition) is 2. The van der Waals surface area contributed by atoms with Gasteiger partial charge < -0.3 is 10.6 Å². The van der Waals surface area contributed by atoms with Crippen molar-refractivity contribution < 1.29 is 4.79 Å². The van der Waals surface area contributed by atoms with E-state index in [1.165, 1.54) is 0 Å². The summed E-state index contributed by atoms with van der Waals surface area (Å²) in [7, 11) is 0. The number of carbonyl (C=O) groups is 1. The highest BCUT2D eigenvalue weighted by Crippen LogP contribution is 2.13. The van der Waals surface area contributed by atoms with Crippen LogP contribution >= 0.6 is 11.6 Å². The third-order valence-electron chi connectivity index (χ3n) is 2.55. The largest absolute Gasteiger partial charge is 0.316 e. The molecule has 16 heavy (non-hydrogen) atoms. The molecule has 1 aliphatic heterocycles. The average Bonchev–Trinajstić information content (AvgIpc) is 2.33. The predicted molar refractivity (Wildman–Crippen MR) is 61.3 cm³/mol. The molecule has 1 aliphatic rings. The van der Waals surface area contributed by atoms with Crippen molar-refractivity contribution in [3.63, 3.8) is 0 Å². The quantitative estimate of drug-likeness (QED) is 0.812. The van der Waals surface area contributed by atoms with E-state index < -0.39 is 0 Å². The van der Waals surface area contributed by atoms with Crippen molar-refractivity contribution in [1.29, 1.82) is 0 Å². The number of rotatable bonds is 2. The Kier molecular flexibility index (Phi) is 3.69. The predicted octanol–water partition coefficient (Wildman–Crippen LogP) is 1.07. The number of anilines is 1. The van der Waals surface area contributed by atoms with Gasteiger partial charge in [-0.15, -0.1) is 10.2 Å². The van der Waals surface area contributed by atoms with Gasteiger partial charge in [0, 0.05) is 6.54 Å². The molecule has 1 aromatic rings. The Labute approximate surface area is 98.6 Å². The van der Waals surface area contributed by atoms with Gasteiger partial charge in [-0.3, -0.25) is 4.79 Å². The van der Waals surface area contributed by atoms with Crippen LogP contribution in [-0.4, -0.2) is 29.2 Å². The van der Waals surface area contributed by atoms with Gasteiger partial charge in [-0.2, -0.15) is 0 Å². The molecule has 0 spiro atoms. The summed E-state index contributed by atoms with van der Waals surface area (Å²) in [6, 6.07) is 3.24. The van der Waals surface area contributed by atoms with Gasteiger partial charge in [0.1, 0.15) is 0 Å². The van der Waals surface area contributed by atoms with E-state index in [9.17, 15) is 4.79 Å². The Hall–Kier alpha value is -1.20. The Balaban J connectivity index is 1.93. The fourth-order valence-corrected chi connectivity index (χ4v) is 1.79. The molecule has 0 aromatic carbocycles. The molecular formula is C10H13ClN4O. The Morgan fingerprint density at radius 2 is 2.38 bits per heavy atom. The van der Waals surface area contributed by atoms with Gasteiger partial charge in [-0.05, 0) is 31.5 Å². The maximum atomic E-state index is 11.8. The maximum Gasteiger partial charge on any atom is 0.229 e. The molecule has 6 heteroatoms. The highest BCUT2D eigenvalue weighted by atomic mass is 35.5. The number of aromatic nitrogens is 2. The number of piperidine rings is 1. The molecule has 2 N–H and O–H groups in total. The van der Waals surface area contributed by atoms with E-state index in [4.69, 9.17) is 11.6 Å². The summed E-state index contributed by atoms with van der Waals surface area (Å²) in [6.45, 7) is 1.72. The summed E-state index contributed by atoms with van der Waals surface area (Å²) in [4.78, 5) is 11.8. The van der Waals surface area contributed by atoms with E-state index >= 15 is 0 Å². The standard InChI is InChI=1S/C10H13ClN4O/c11-8-3-4-9(15-14-8)13-10(16)7-2-1-5-12-6-7/h3-4,7,12H,1-2,5-6H2,(H,13,15,16)/t7-/m1/s1. The van der Waals surface area contributed by atoms with Crippen LogP contribution in [0.2, 0.25) is 5.15 Å². The second-order valence-electron chi connectivity index (χ2n) is 3.77. The van der Waals surface area contributed by atoms with E-state index in [1.54, 1.807) is 12.1 Å². The van der Waals surface area contributed by atoms with E-state index in [1.807, 2.05) is 0 Å². The minimum absolute atomic E-state index is 0.0103. The van der Waals surface area contributed by atoms with Crippen molar-refractivity contribution >= 4 is 23.3 Å². The number of halogens is 1. The van der Waals surface area contributed by atoms with Crippen LogP contribution in [0.25, 0.3) is 0 Å². The van der Waals surface area contributed by atoms with Gasteiger partial charge >= 0.3 is 0 Å². The Morgan fingerprint density at radius 1 is 1.50 bits per heavy atom. The third kappa shape index (κ3) is 2.90. The van der Waals surface area contributed by atoms with Crippen LogP contribution in [0.3, 0.4) is 0 Å². The Bertz CT molecular complexity index is 362. The van der Waals surface area contributed by atoms with E-state index in [0.717, 1.165) is 25.9 Å². The molecule has 2 heterocycles. The minimum atomic E-state index is -0.0103. The molecule has 0 bridgehead atoms. The van der Waals surface area contributed by atoms with Crippen LogP contribution in [0, 0.1) is 5.92 Å². The molecule has 5 nitrogen and oxygen atoms in total. The highest BCUT2D eigenvalue weighted by Gasteiger charge is 2.21. The molecule has 0 aliphatic carbocycles. The summed E-state index contributed by atoms with van der Waals surface area (Å²) in [6.07, 6.45) is 1.95. The highest BCUT2D eigenvalue weighted by molar-refractivity contribution is 6.29. The Morgan fingerprint density at radius 3 is 3.00 bits per heavy atom. The minimum Gasteiger partial charge on any atom is -0.316 e. The van der Waals surface area contributed by atoms with Crippen molar-refractivity contribution in [2.75, 3.05) is 18.4 Å².